The van der Waals surface area contributed by atoms with Gasteiger partial charge in [-0.2, -0.15) is 17.6 Å². The lowest BCUT2D eigenvalue weighted by Crippen LogP contribution is -2.43. The number of imide groups is 1. The molecule has 0 bridgehead atoms. The van der Waals surface area contributed by atoms with Crippen molar-refractivity contribution >= 4 is 29.2 Å². The molecule has 0 aliphatic rings. The molecular weight excluding hydrogens is 518 g/mol. The van der Waals surface area contributed by atoms with Gasteiger partial charge in [-0.3, -0.25) is 10.1 Å². The van der Waals surface area contributed by atoms with Gasteiger partial charge in [-0.25, -0.2) is 13.6 Å². The molecule has 0 radical (unpaired) electrons. The highest BCUT2D eigenvalue weighted by Crippen LogP contribution is 2.46. The van der Waals surface area contributed by atoms with Gasteiger partial charge >= 0.3 is 18.1 Å². The molecular formula is C23H15ClF6N2O4. The Morgan fingerprint density at radius 3 is 2.08 bits per heavy atom. The van der Waals surface area contributed by atoms with E-state index in [1.54, 1.807) is 5.32 Å². The minimum absolute atomic E-state index is 0.0633. The minimum atomic E-state index is -5.03. The van der Waals surface area contributed by atoms with E-state index in [1.807, 2.05) is 0 Å². The van der Waals surface area contributed by atoms with Crippen LogP contribution in [0.5, 0.6) is 11.5 Å². The summed E-state index contributed by atoms with van der Waals surface area (Å²) in [5.41, 5.74) is -2.22. The van der Waals surface area contributed by atoms with Crippen LogP contribution < -0.4 is 20.1 Å². The van der Waals surface area contributed by atoms with Crippen molar-refractivity contribution in [3.8, 4) is 11.5 Å². The van der Waals surface area contributed by atoms with E-state index in [0.29, 0.717) is 0 Å². The fraction of sp³-hybridized carbons (Fsp3) is 0.130. The van der Waals surface area contributed by atoms with Crippen LogP contribution in [0.3, 0.4) is 0 Å². The Morgan fingerprint density at radius 2 is 1.50 bits per heavy atom. The van der Waals surface area contributed by atoms with Crippen LogP contribution >= 0.6 is 11.6 Å². The molecule has 3 amide bonds. The quantitative estimate of drug-likeness (QED) is 0.348. The van der Waals surface area contributed by atoms with Crippen molar-refractivity contribution in [1.29, 1.82) is 0 Å². The normalized spacial score (nSPS) is 11.6. The van der Waals surface area contributed by atoms with Crippen LogP contribution in [0.15, 0.2) is 60.7 Å². The summed E-state index contributed by atoms with van der Waals surface area (Å²) in [7, 11) is 1.02. The maximum Gasteiger partial charge on any atom is 0.469 e. The van der Waals surface area contributed by atoms with E-state index < -0.39 is 58.2 Å². The summed E-state index contributed by atoms with van der Waals surface area (Å²) < 4.78 is 94.3. The summed E-state index contributed by atoms with van der Waals surface area (Å²) in [6, 6.07) is 7.58. The van der Waals surface area contributed by atoms with Crippen LogP contribution in [0.25, 0.3) is 0 Å². The van der Waals surface area contributed by atoms with Crippen molar-refractivity contribution < 1.29 is 45.4 Å². The first-order valence-electron chi connectivity index (χ1n) is 9.81. The third-order valence-corrected chi connectivity index (χ3v) is 4.90. The van der Waals surface area contributed by atoms with Crippen LogP contribution in [0, 0.1) is 11.6 Å². The fourth-order valence-corrected chi connectivity index (χ4v) is 3.03. The van der Waals surface area contributed by atoms with Crippen molar-refractivity contribution in [2.75, 3.05) is 12.4 Å². The number of anilines is 1. The van der Waals surface area contributed by atoms with E-state index in [9.17, 15) is 35.9 Å². The lowest BCUT2D eigenvalue weighted by atomic mass is 10.1. The largest absolute Gasteiger partial charge is 0.493 e. The zero-order chi connectivity index (χ0) is 26.7. The van der Waals surface area contributed by atoms with E-state index in [1.165, 1.54) is 0 Å². The molecule has 190 valence electrons. The number of alkyl halides is 4. The Balaban J connectivity index is 1.75. The van der Waals surface area contributed by atoms with Gasteiger partial charge in [0, 0.05) is 22.3 Å². The number of halogens is 7. The lowest BCUT2D eigenvalue weighted by Gasteiger charge is -2.27. The van der Waals surface area contributed by atoms with Crippen molar-refractivity contribution in [3.05, 3.63) is 88.4 Å². The Morgan fingerprint density at radius 1 is 0.889 bits per heavy atom. The second kappa shape index (κ2) is 10.4. The zero-order valence-corrected chi connectivity index (χ0v) is 18.8. The SMILES string of the molecule is COc1cc(NC(=O)NC(=O)c2c(F)cccc2F)ccc1OC(F)(F)C(F)(F)c1ccc(Cl)cc1. The molecule has 36 heavy (non-hydrogen) atoms. The van der Waals surface area contributed by atoms with Gasteiger partial charge in [-0.1, -0.05) is 29.8 Å². The molecule has 3 aromatic rings. The van der Waals surface area contributed by atoms with Crippen LogP contribution in [0.4, 0.5) is 36.8 Å². The number of methoxy groups -OCH3 is 1. The number of carbonyl (C=O) groups is 2. The Labute approximate surface area is 204 Å². The van der Waals surface area contributed by atoms with Crippen LogP contribution in [0.1, 0.15) is 15.9 Å². The number of urea groups is 1. The minimum Gasteiger partial charge on any atom is -0.493 e. The number of nitrogens with one attached hydrogen (secondary N) is 2. The zero-order valence-electron chi connectivity index (χ0n) is 18.1. The first kappa shape index (κ1) is 26.7. The Hall–Kier alpha value is -3.93. The maximum atomic E-state index is 14.4. The standard InChI is InChI=1S/C23H15ClF6N2O4/c1-35-18-11-14(31-21(34)32-20(33)19-15(25)3-2-4-16(19)26)9-10-17(18)36-23(29,30)22(27,28)12-5-7-13(24)8-6-12/h2-11H,1H3,(H2,31,32,33,34). The van der Waals surface area contributed by atoms with Gasteiger partial charge in [0.1, 0.15) is 17.2 Å². The molecule has 3 rings (SSSR count). The topological polar surface area (TPSA) is 76.7 Å². The molecule has 13 heteroatoms. The number of benzene rings is 3. The summed E-state index contributed by atoms with van der Waals surface area (Å²) in [6.45, 7) is 0. The van der Waals surface area contributed by atoms with E-state index in [-0.39, 0.29) is 10.7 Å². The van der Waals surface area contributed by atoms with Gasteiger partial charge in [0.2, 0.25) is 0 Å². The summed E-state index contributed by atoms with van der Waals surface area (Å²) in [6.07, 6.45) is -5.03. The van der Waals surface area contributed by atoms with E-state index in [2.05, 4.69) is 10.1 Å². The molecule has 0 saturated carbocycles. The lowest BCUT2D eigenvalue weighted by molar-refractivity contribution is -0.316. The number of hydrogen-bond donors (Lipinski definition) is 2. The van der Waals surface area contributed by atoms with Gasteiger partial charge in [-0.05, 0) is 36.4 Å². The second-order valence-corrected chi connectivity index (χ2v) is 7.51. The highest BCUT2D eigenvalue weighted by Gasteiger charge is 2.60. The molecule has 0 heterocycles. The number of carbonyl (C=O) groups excluding carboxylic acids is 2. The third-order valence-electron chi connectivity index (χ3n) is 4.65. The van der Waals surface area contributed by atoms with Gasteiger partial charge in [0.05, 0.1) is 7.11 Å². The fourth-order valence-electron chi connectivity index (χ4n) is 2.90. The van der Waals surface area contributed by atoms with Crippen molar-refractivity contribution in [3.63, 3.8) is 0 Å². The van der Waals surface area contributed by atoms with Crippen LogP contribution in [-0.2, 0) is 5.92 Å². The van der Waals surface area contributed by atoms with Gasteiger partial charge in [-0.15, -0.1) is 0 Å². The van der Waals surface area contributed by atoms with E-state index in [4.69, 9.17) is 16.3 Å². The molecule has 0 atom stereocenters. The monoisotopic (exact) mass is 532 g/mol. The van der Waals surface area contributed by atoms with Crippen molar-refractivity contribution in [2.24, 2.45) is 0 Å². The highest BCUT2D eigenvalue weighted by atomic mass is 35.5. The van der Waals surface area contributed by atoms with Crippen molar-refractivity contribution in [1.82, 2.24) is 5.32 Å². The molecule has 0 aliphatic heterocycles. The Bertz CT molecular complexity index is 1270. The maximum absolute atomic E-state index is 14.4. The first-order chi connectivity index (χ1) is 16.9. The number of hydrogen-bond acceptors (Lipinski definition) is 4. The second-order valence-electron chi connectivity index (χ2n) is 7.07. The summed E-state index contributed by atoms with van der Waals surface area (Å²) in [4.78, 5) is 24.0. The van der Waals surface area contributed by atoms with Crippen LogP contribution in [0.2, 0.25) is 5.02 Å². The van der Waals surface area contributed by atoms with Crippen molar-refractivity contribution in [2.45, 2.75) is 12.0 Å². The average Bonchev–Trinajstić information content (AvgIpc) is 2.79. The molecule has 2 N–H and O–H groups in total. The van der Waals surface area contributed by atoms with Gasteiger partial charge < -0.3 is 14.8 Å². The molecule has 6 nitrogen and oxygen atoms in total. The smallest absolute Gasteiger partial charge is 0.469 e. The first-order valence-corrected chi connectivity index (χ1v) is 10.2. The molecule has 0 fully saturated rings. The third kappa shape index (κ3) is 5.65. The molecule has 0 aliphatic carbocycles. The summed E-state index contributed by atoms with van der Waals surface area (Å²) >= 11 is 5.60. The number of rotatable bonds is 7. The van der Waals surface area contributed by atoms with E-state index in [0.717, 1.165) is 67.8 Å². The van der Waals surface area contributed by atoms with Crippen LogP contribution in [-0.4, -0.2) is 25.2 Å². The van der Waals surface area contributed by atoms with Gasteiger partial charge in [0.25, 0.3) is 5.91 Å². The molecule has 0 saturated heterocycles. The predicted molar refractivity (Wildman–Crippen MR) is 117 cm³/mol. The number of ether oxygens (including phenoxy) is 2. The van der Waals surface area contributed by atoms with Gasteiger partial charge in [0.15, 0.2) is 11.5 Å². The Kier molecular flexibility index (Phi) is 7.68. The van der Waals surface area contributed by atoms with E-state index >= 15 is 0 Å². The summed E-state index contributed by atoms with van der Waals surface area (Å²) in [5, 5.41) is 3.86. The summed E-state index contributed by atoms with van der Waals surface area (Å²) in [5.74, 6) is -9.85. The molecule has 0 aromatic heterocycles. The molecule has 3 aromatic carbocycles. The predicted octanol–water partition coefficient (Wildman–Crippen LogP) is 6.35. The number of amides is 3. The highest BCUT2D eigenvalue weighted by molar-refractivity contribution is 6.30. The molecule has 0 unspecified atom stereocenters. The molecule has 0 spiro atoms. The average molecular weight is 533 g/mol.